The van der Waals surface area contributed by atoms with Crippen LogP contribution in [0.15, 0.2) is 37.3 Å². The van der Waals surface area contributed by atoms with Crippen molar-refractivity contribution in [1.29, 1.82) is 0 Å². The molecular weight excluding hydrogens is 384 g/mol. The summed E-state index contributed by atoms with van der Waals surface area (Å²) in [5, 5.41) is 0. The number of nitrogens with zero attached hydrogens (tertiary/aromatic N) is 4. The average Bonchev–Trinajstić information content (AvgIpc) is 3.01. The van der Waals surface area contributed by atoms with Crippen LogP contribution in [0, 0.1) is 13.8 Å². The highest BCUT2D eigenvalue weighted by Gasteiger charge is 2.45. The SMILES string of the molecule is C=CCOC(=O)N1C2CC[C@H]1CC(Oc1ncnc(Oc3cccnc3C)c1C)C2. The standard InChI is InChI=1S/C22H26N4O4/c1-4-10-28-22(27)26-16-7-8-17(26)12-18(11-16)29-20-14(2)21(25-13-24-20)30-19-6-5-9-23-15(19)3/h4-6,9,13,16-18H,1,7-8,10-12H2,2-3H3/t16-,17?,18?/m0/s1. The number of rotatable bonds is 6. The molecule has 0 saturated carbocycles. The van der Waals surface area contributed by atoms with Crippen molar-refractivity contribution in [2.75, 3.05) is 6.61 Å². The number of piperidine rings is 1. The fourth-order valence-corrected chi connectivity index (χ4v) is 4.21. The Bertz CT molecular complexity index is 921. The van der Waals surface area contributed by atoms with Crippen LogP contribution in [0.3, 0.4) is 0 Å². The van der Waals surface area contributed by atoms with Crippen LogP contribution < -0.4 is 9.47 Å². The van der Waals surface area contributed by atoms with E-state index in [0.29, 0.717) is 17.5 Å². The average molecular weight is 410 g/mol. The van der Waals surface area contributed by atoms with E-state index >= 15 is 0 Å². The Morgan fingerprint density at radius 2 is 1.93 bits per heavy atom. The lowest BCUT2D eigenvalue weighted by atomic mass is 10.0. The molecule has 2 aliphatic rings. The number of aryl methyl sites for hydroxylation is 1. The minimum absolute atomic E-state index is 0.0208. The highest BCUT2D eigenvalue weighted by atomic mass is 16.6. The van der Waals surface area contributed by atoms with E-state index in [2.05, 4.69) is 21.5 Å². The first-order chi connectivity index (χ1) is 14.6. The monoisotopic (exact) mass is 410 g/mol. The first-order valence-electron chi connectivity index (χ1n) is 10.2. The van der Waals surface area contributed by atoms with Gasteiger partial charge >= 0.3 is 6.09 Å². The van der Waals surface area contributed by atoms with Crippen LogP contribution in [0.2, 0.25) is 0 Å². The number of fused-ring (bicyclic) bond motifs is 2. The van der Waals surface area contributed by atoms with Gasteiger partial charge in [0.1, 0.15) is 19.0 Å². The molecular formula is C22H26N4O4. The minimum Gasteiger partial charge on any atom is -0.474 e. The molecule has 2 unspecified atom stereocenters. The van der Waals surface area contributed by atoms with Crippen LogP contribution in [0.4, 0.5) is 4.79 Å². The predicted molar refractivity (Wildman–Crippen MR) is 110 cm³/mol. The maximum absolute atomic E-state index is 12.4. The number of hydrogen-bond acceptors (Lipinski definition) is 7. The summed E-state index contributed by atoms with van der Waals surface area (Å²) < 4.78 is 17.4. The first kappa shape index (κ1) is 20.1. The lowest BCUT2D eigenvalue weighted by Gasteiger charge is -2.37. The van der Waals surface area contributed by atoms with Crippen molar-refractivity contribution in [3.63, 3.8) is 0 Å². The Kier molecular flexibility index (Phi) is 5.83. The number of pyridine rings is 1. The summed E-state index contributed by atoms with van der Waals surface area (Å²) in [6, 6.07) is 3.92. The second-order valence-electron chi connectivity index (χ2n) is 7.67. The molecule has 0 radical (unpaired) electrons. The topological polar surface area (TPSA) is 86.7 Å². The summed E-state index contributed by atoms with van der Waals surface area (Å²) in [5.74, 6) is 1.60. The third kappa shape index (κ3) is 4.08. The van der Waals surface area contributed by atoms with Gasteiger partial charge in [0.25, 0.3) is 0 Å². The summed E-state index contributed by atoms with van der Waals surface area (Å²) in [6.45, 7) is 7.59. The van der Waals surface area contributed by atoms with Gasteiger partial charge in [-0.3, -0.25) is 4.98 Å². The van der Waals surface area contributed by atoms with Gasteiger partial charge in [0, 0.05) is 31.1 Å². The summed E-state index contributed by atoms with van der Waals surface area (Å²) in [6.07, 6.45) is 7.89. The summed E-state index contributed by atoms with van der Waals surface area (Å²) in [5.41, 5.74) is 1.52. The van der Waals surface area contributed by atoms with Crippen LogP contribution in [-0.2, 0) is 4.74 Å². The van der Waals surface area contributed by atoms with Crippen molar-refractivity contribution in [1.82, 2.24) is 19.9 Å². The molecule has 2 fully saturated rings. The van der Waals surface area contributed by atoms with Gasteiger partial charge in [0.05, 0.1) is 11.3 Å². The zero-order valence-electron chi connectivity index (χ0n) is 17.3. The molecule has 2 aromatic heterocycles. The van der Waals surface area contributed by atoms with E-state index in [1.54, 1.807) is 12.3 Å². The van der Waals surface area contributed by atoms with Crippen LogP contribution >= 0.6 is 0 Å². The van der Waals surface area contributed by atoms with Gasteiger partial charge in [0.15, 0.2) is 5.75 Å². The number of aromatic nitrogens is 3. The van der Waals surface area contributed by atoms with Gasteiger partial charge < -0.3 is 19.1 Å². The van der Waals surface area contributed by atoms with Crippen molar-refractivity contribution in [2.45, 2.75) is 57.7 Å². The van der Waals surface area contributed by atoms with E-state index in [-0.39, 0.29) is 30.9 Å². The molecule has 2 saturated heterocycles. The van der Waals surface area contributed by atoms with Crippen molar-refractivity contribution < 1.29 is 19.0 Å². The number of carbonyl (C=O) groups excluding carboxylic acids is 1. The van der Waals surface area contributed by atoms with E-state index < -0.39 is 0 Å². The molecule has 8 nitrogen and oxygen atoms in total. The Morgan fingerprint density at radius 1 is 1.20 bits per heavy atom. The van der Waals surface area contributed by atoms with E-state index in [9.17, 15) is 4.79 Å². The summed E-state index contributed by atoms with van der Waals surface area (Å²) in [7, 11) is 0. The first-order valence-corrected chi connectivity index (χ1v) is 10.2. The van der Waals surface area contributed by atoms with Crippen LogP contribution in [0.25, 0.3) is 0 Å². The third-order valence-electron chi connectivity index (χ3n) is 5.66. The van der Waals surface area contributed by atoms with Crippen molar-refractivity contribution in [3.8, 4) is 17.5 Å². The van der Waals surface area contributed by atoms with Crippen LogP contribution in [-0.4, -0.2) is 50.7 Å². The van der Waals surface area contributed by atoms with Gasteiger partial charge in [-0.2, -0.15) is 0 Å². The lowest BCUT2D eigenvalue weighted by Crippen LogP contribution is -2.49. The molecule has 4 heterocycles. The van der Waals surface area contributed by atoms with Gasteiger partial charge in [-0.05, 0) is 38.8 Å². The van der Waals surface area contributed by atoms with E-state index in [4.69, 9.17) is 14.2 Å². The molecule has 0 aromatic carbocycles. The van der Waals surface area contributed by atoms with Crippen molar-refractivity contribution in [2.24, 2.45) is 0 Å². The van der Waals surface area contributed by atoms with E-state index in [0.717, 1.165) is 36.9 Å². The predicted octanol–water partition coefficient (Wildman–Crippen LogP) is 3.98. The van der Waals surface area contributed by atoms with Gasteiger partial charge in [0.2, 0.25) is 11.8 Å². The Hall–Kier alpha value is -3.16. The van der Waals surface area contributed by atoms with Gasteiger partial charge in [-0.1, -0.05) is 12.7 Å². The zero-order chi connectivity index (χ0) is 21.1. The number of hydrogen-bond donors (Lipinski definition) is 0. The number of carbonyl (C=O) groups is 1. The molecule has 158 valence electrons. The maximum atomic E-state index is 12.4. The maximum Gasteiger partial charge on any atom is 0.410 e. The van der Waals surface area contributed by atoms with Crippen molar-refractivity contribution >= 4 is 6.09 Å². The molecule has 1 amide bonds. The van der Waals surface area contributed by atoms with E-state index in [1.807, 2.05) is 30.9 Å². The Labute approximate surface area is 175 Å². The van der Waals surface area contributed by atoms with E-state index in [1.165, 1.54) is 6.33 Å². The molecule has 0 spiro atoms. The minimum atomic E-state index is -0.262. The number of amides is 1. The second-order valence-corrected chi connectivity index (χ2v) is 7.67. The fraction of sp³-hybridized carbons (Fsp3) is 0.455. The van der Waals surface area contributed by atoms with Crippen LogP contribution in [0.1, 0.15) is 36.9 Å². The molecule has 2 aliphatic heterocycles. The molecule has 8 heteroatoms. The second kappa shape index (κ2) is 8.69. The fourth-order valence-electron chi connectivity index (χ4n) is 4.21. The molecule has 0 aliphatic carbocycles. The smallest absolute Gasteiger partial charge is 0.410 e. The van der Waals surface area contributed by atoms with Crippen LogP contribution in [0.5, 0.6) is 17.5 Å². The van der Waals surface area contributed by atoms with Crippen molar-refractivity contribution in [3.05, 3.63) is 48.6 Å². The lowest BCUT2D eigenvalue weighted by molar-refractivity contribution is 0.0354. The largest absolute Gasteiger partial charge is 0.474 e. The molecule has 2 aromatic rings. The molecule has 2 bridgehead atoms. The Balaban J connectivity index is 1.44. The molecule has 4 rings (SSSR count). The summed E-state index contributed by atoms with van der Waals surface area (Å²) >= 11 is 0. The Morgan fingerprint density at radius 3 is 2.63 bits per heavy atom. The molecule has 3 atom stereocenters. The zero-order valence-corrected chi connectivity index (χ0v) is 17.3. The molecule has 0 N–H and O–H groups in total. The van der Waals surface area contributed by atoms with Gasteiger partial charge in [-0.25, -0.2) is 14.8 Å². The third-order valence-corrected chi connectivity index (χ3v) is 5.66. The van der Waals surface area contributed by atoms with Gasteiger partial charge in [-0.15, -0.1) is 0 Å². The molecule has 30 heavy (non-hydrogen) atoms. The highest BCUT2D eigenvalue weighted by Crippen LogP contribution is 2.38. The quantitative estimate of drug-likeness (QED) is 0.666. The highest BCUT2D eigenvalue weighted by molar-refractivity contribution is 5.69. The normalized spacial score (nSPS) is 22.5. The summed E-state index contributed by atoms with van der Waals surface area (Å²) in [4.78, 5) is 27.0. The number of ether oxygens (including phenoxy) is 3.